The molecule has 2 amide bonds. The summed E-state index contributed by atoms with van der Waals surface area (Å²) in [4.78, 5) is 24.4. The van der Waals surface area contributed by atoms with Gasteiger partial charge in [0.15, 0.2) is 0 Å². The number of amides is 2. The van der Waals surface area contributed by atoms with Crippen molar-refractivity contribution in [2.24, 2.45) is 17.4 Å². The van der Waals surface area contributed by atoms with Gasteiger partial charge in [-0.3, -0.25) is 9.59 Å². The fraction of sp³-hybridized carbons (Fsp3) is 0.667. The lowest BCUT2D eigenvalue weighted by atomic mass is 9.97. The molecular formula is C9H15N3O2S. The molecule has 0 aromatic heterocycles. The third-order valence-corrected chi connectivity index (χ3v) is 2.65. The van der Waals surface area contributed by atoms with Crippen LogP contribution in [0.25, 0.3) is 0 Å². The predicted octanol–water partition coefficient (Wildman–Crippen LogP) is -0.614. The van der Waals surface area contributed by atoms with Crippen LogP contribution in [0.4, 0.5) is 0 Å². The van der Waals surface area contributed by atoms with E-state index in [1.165, 1.54) is 0 Å². The number of primary amides is 1. The molecule has 0 bridgehead atoms. The molecule has 0 aromatic rings. The molecule has 0 spiro atoms. The molecule has 1 rings (SSSR count). The molecule has 1 heterocycles. The number of thiocarbonyl (C=S) groups is 1. The zero-order chi connectivity index (χ0) is 11.4. The Balaban J connectivity index is 2.52. The second kappa shape index (κ2) is 5.06. The van der Waals surface area contributed by atoms with Crippen molar-refractivity contribution in [1.29, 1.82) is 0 Å². The van der Waals surface area contributed by atoms with Crippen LogP contribution in [-0.2, 0) is 9.59 Å². The Labute approximate surface area is 93.8 Å². The van der Waals surface area contributed by atoms with Gasteiger partial charge in [-0.05, 0) is 12.8 Å². The van der Waals surface area contributed by atoms with Gasteiger partial charge in [-0.25, -0.2) is 0 Å². The standard InChI is InChI=1S/C9H15N3O2S/c10-7(15)4-8(13)12-3-1-2-6(5-12)9(11)14/h6H,1-5H2,(H2,10,15)(H2,11,14). The minimum absolute atomic E-state index is 0.0703. The lowest BCUT2D eigenvalue weighted by Gasteiger charge is -2.31. The van der Waals surface area contributed by atoms with Crippen molar-refractivity contribution in [3.8, 4) is 0 Å². The Bertz CT molecular complexity index is 293. The summed E-state index contributed by atoms with van der Waals surface area (Å²) in [6.07, 6.45) is 1.63. The van der Waals surface area contributed by atoms with E-state index in [1.54, 1.807) is 4.90 Å². The van der Waals surface area contributed by atoms with Crippen LogP contribution >= 0.6 is 12.2 Å². The molecule has 0 saturated carbocycles. The van der Waals surface area contributed by atoms with Crippen molar-refractivity contribution in [2.75, 3.05) is 13.1 Å². The summed E-state index contributed by atoms with van der Waals surface area (Å²) < 4.78 is 0. The third-order valence-electron chi connectivity index (χ3n) is 2.50. The van der Waals surface area contributed by atoms with Gasteiger partial charge in [0.2, 0.25) is 11.8 Å². The second-order valence-electron chi connectivity index (χ2n) is 3.72. The lowest BCUT2D eigenvalue weighted by Crippen LogP contribution is -2.44. The minimum atomic E-state index is -0.345. The quantitative estimate of drug-likeness (QED) is 0.632. The maximum Gasteiger partial charge on any atom is 0.229 e. The van der Waals surface area contributed by atoms with Crippen LogP contribution in [0.2, 0.25) is 0 Å². The number of nitrogens with zero attached hydrogens (tertiary/aromatic N) is 1. The normalized spacial score (nSPS) is 21.1. The minimum Gasteiger partial charge on any atom is -0.393 e. The first-order chi connectivity index (χ1) is 7.00. The SMILES string of the molecule is NC(=O)C1CCCN(C(=O)CC(N)=S)C1. The summed E-state index contributed by atoms with van der Waals surface area (Å²) in [5.41, 5.74) is 10.5. The van der Waals surface area contributed by atoms with E-state index in [0.29, 0.717) is 13.1 Å². The maximum atomic E-state index is 11.6. The van der Waals surface area contributed by atoms with Crippen molar-refractivity contribution in [3.63, 3.8) is 0 Å². The van der Waals surface area contributed by atoms with Gasteiger partial charge in [0, 0.05) is 13.1 Å². The molecule has 0 radical (unpaired) electrons. The van der Waals surface area contributed by atoms with Crippen LogP contribution in [0.3, 0.4) is 0 Å². The maximum absolute atomic E-state index is 11.6. The van der Waals surface area contributed by atoms with E-state index in [-0.39, 0.29) is 29.1 Å². The Morgan fingerprint density at radius 3 is 2.60 bits per heavy atom. The molecule has 6 heteroatoms. The van der Waals surface area contributed by atoms with Gasteiger partial charge in [0.25, 0.3) is 0 Å². The summed E-state index contributed by atoms with van der Waals surface area (Å²) in [7, 11) is 0. The van der Waals surface area contributed by atoms with Gasteiger partial charge in [-0.15, -0.1) is 0 Å². The molecule has 5 nitrogen and oxygen atoms in total. The highest BCUT2D eigenvalue weighted by Gasteiger charge is 2.26. The molecule has 1 aliphatic rings. The van der Waals surface area contributed by atoms with Crippen LogP contribution < -0.4 is 11.5 Å². The average molecular weight is 229 g/mol. The first-order valence-electron chi connectivity index (χ1n) is 4.86. The Kier molecular flexibility index (Phi) is 4.02. The Morgan fingerprint density at radius 2 is 2.07 bits per heavy atom. The van der Waals surface area contributed by atoms with Crippen LogP contribution in [0.15, 0.2) is 0 Å². The van der Waals surface area contributed by atoms with Gasteiger partial charge < -0.3 is 16.4 Å². The summed E-state index contributed by atoms with van der Waals surface area (Å²) in [6.45, 7) is 1.06. The molecule has 1 saturated heterocycles. The summed E-state index contributed by atoms with van der Waals surface area (Å²) in [5.74, 6) is -0.690. The van der Waals surface area contributed by atoms with Gasteiger partial charge in [0.05, 0.1) is 17.3 Å². The highest BCUT2D eigenvalue weighted by atomic mass is 32.1. The number of piperidine rings is 1. The number of carbonyl (C=O) groups excluding carboxylic acids is 2. The summed E-state index contributed by atoms with van der Waals surface area (Å²) in [6, 6.07) is 0. The third kappa shape index (κ3) is 3.47. The molecule has 1 fully saturated rings. The number of nitrogens with two attached hydrogens (primary N) is 2. The van der Waals surface area contributed by atoms with Gasteiger partial charge in [-0.1, -0.05) is 12.2 Å². The van der Waals surface area contributed by atoms with E-state index in [0.717, 1.165) is 12.8 Å². The van der Waals surface area contributed by atoms with Crippen LogP contribution in [0.1, 0.15) is 19.3 Å². The summed E-state index contributed by atoms with van der Waals surface area (Å²) >= 11 is 4.66. The number of hydrogen-bond acceptors (Lipinski definition) is 3. The zero-order valence-electron chi connectivity index (χ0n) is 8.44. The smallest absolute Gasteiger partial charge is 0.229 e. The van der Waals surface area contributed by atoms with Crippen LogP contribution in [-0.4, -0.2) is 34.8 Å². The highest BCUT2D eigenvalue weighted by molar-refractivity contribution is 7.80. The molecule has 0 aromatic carbocycles. The van der Waals surface area contributed by atoms with Crippen LogP contribution in [0, 0.1) is 5.92 Å². The first kappa shape index (κ1) is 11.9. The topological polar surface area (TPSA) is 89.4 Å². The van der Waals surface area contributed by atoms with Crippen molar-refractivity contribution in [1.82, 2.24) is 4.90 Å². The Morgan fingerprint density at radius 1 is 1.40 bits per heavy atom. The molecule has 1 unspecified atom stereocenters. The number of carbonyl (C=O) groups is 2. The molecule has 0 aliphatic carbocycles. The first-order valence-corrected chi connectivity index (χ1v) is 5.27. The van der Waals surface area contributed by atoms with E-state index >= 15 is 0 Å². The lowest BCUT2D eigenvalue weighted by molar-refractivity contribution is -0.133. The molecule has 4 N–H and O–H groups in total. The van der Waals surface area contributed by atoms with E-state index in [1.807, 2.05) is 0 Å². The highest BCUT2D eigenvalue weighted by Crippen LogP contribution is 2.16. The van der Waals surface area contributed by atoms with Crippen molar-refractivity contribution >= 4 is 29.0 Å². The van der Waals surface area contributed by atoms with E-state index in [2.05, 4.69) is 12.2 Å². The Hall–Kier alpha value is -1.17. The molecule has 84 valence electrons. The van der Waals surface area contributed by atoms with E-state index in [9.17, 15) is 9.59 Å². The predicted molar refractivity (Wildman–Crippen MR) is 59.9 cm³/mol. The van der Waals surface area contributed by atoms with Gasteiger partial charge >= 0.3 is 0 Å². The number of likely N-dealkylation sites (tertiary alicyclic amines) is 1. The molecule has 1 atom stereocenters. The van der Waals surface area contributed by atoms with E-state index < -0.39 is 0 Å². The average Bonchev–Trinajstić information content (AvgIpc) is 2.17. The fourth-order valence-corrected chi connectivity index (χ4v) is 1.82. The van der Waals surface area contributed by atoms with Gasteiger partial charge in [-0.2, -0.15) is 0 Å². The molecular weight excluding hydrogens is 214 g/mol. The van der Waals surface area contributed by atoms with Crippen LogP contribution in [0.5, 0.6) is 0 Å². The molecule has 1 aliphatic heterocycles. The van der Waals surface area contributed by atoms with Gasteiger partial charge in [0.1, 0.15) is 0 Å². The fourth-order valence-electron chi connectivity index (χ4n) is 1.70. The zero-order valence-corrected chi connectivity index (χ0v) is 9.26. The van der Waals surface area contributed by atoms with Crippen molar-refractivity contribution in [2.45, 2.75) is 19.3 Å². The van der Waals surface area contributed by atoms with Crippen molar-refractivity contribution < 1.29 is 9.59 Å². The number of rotatable bonds is 3. The second-order valence-corrected chi connectivity index (χ2v) is 4.25. The monoisotopic (exact) mass is 229 g/mol. The number of hydrogen-bond donors (Lipinski definition) is 2. The van der Waals surface area contributed by atoms with E-state index in [4.69, 9.17) is 11.5 Å². The van der Waals surface area contributed by atoms with Crippen molar-refractivity contribution in [3.05, 3.63) is 0 Å². The summed E-state index contributed by atoms with van der Waals surface area (Å²) in [5, 5.41) is 0. The molecule has 15 heavy (non-hydrogen) atoms. The largest absolute Gasteiger partial charge is 0.393 e.